The second kappa shape index (κ2) is 8.72. The Kier molecular flexibility index (Phi) is 6.38. The van der Waals surface area contributed by atoms with Crippen LogP contribution >= 0.6 is 0 Å². The van der Waals surface area contributed by atoms with Crippen molar-refractivity contribution in [3.8, 4) is 0 Å². The molecular weight excluding hydrogens is 362 g/mol. The third kappa shape index (κ3) is 5.34. The first kappa shape index (κ1) is 20.5. The first-order chi connectivity index (χ1) is 13.2. The molecule has 2 N–H and O–H groups in total. The number of rotatable bonds is 6. The van der Waals surface area contributed by atoms with Gasteiger partial charge < -0.3 is 10.6 Å². The number of anilines is 2. The molecule has 8 nitrogen and oxygen atoms in total. The molecule has 0 bridgehead atoms. The number of Topliss-reactive ketones (excluding diaryl/α,β-unsaturated/α-hetero) is 1. The summed E-state index contributed by atoms with van der Waals surface area (Å²) in [4.78, 5) is 45.9. The van der Waals surface area contributed by atoms with Crippen LogP contribution in [0.4, 0.5) is 17.1 Å². The summed E-state index contributed by atoms with van der Waals surface area (Å²) in [6.45, 7) is 4.61. The van der Waals surface area contributed by atoms with Crippen LogP contribution in [-0.2, 0) is 9.59 Å². The van der Waals surface area contributed by atoms with Crippen LogP contribution in [0, 0.1) is 17.0 Å². The molecule has 28 heavy (non-hydrogen) atoms. The van der Waals surface area contributed by atoms with Crippen molar-refractivity contribution in [2.75, 3.05) is 10.6 Å². The number of ketones is 1. The quantitative estimate of drug-likeness (QED) is 0.343. The number of carbonyl (C=O) groups excluding carboxylic acids is 3. The van der Waals surface area contributed by atoms with E-state index in [1.807, 2.05) is 0 Å². The highest BCUT2D eigenvalue weighted by Crippen LogP contribution is 2.22. The zero-order valence-electron chi connectivity index (χ0n) is 15.6. The lowest BCUT2D eigenvalue weighted by Gasteiger charge is -2.09. The van der Waals surface area contributed by atoms with Crippen molar-refractivity contribution in [2.24, 2.45) is 0 Å². The number of hydrogen-bond acceptors (Lipinski definition) is 5. The number of nitrogens with zero attached hydrogens (tertiary/aromatic N) is 1. The molecule has 0 saturated carbocycles. The van der Waals surface area contributed by atoms with Crippen molar-refractivity contribution in [2.45, 2.75) is 20.8 Å². The summed E-state index contributed by atoms with van der Waals surface area (Å²) >= 11 is 0. The van der Waals surface area contributed by atoms with E-state index >= 15 is 0 Å². The van der Waals surface area contributed by atoms with Gasteiger partial charge in [0.25, 0.3) is 11.6 Å². The maximum absolute atomic E-state index is 12.3. The lowest BCUT2D eigenvalue weighted by molar-refractivity contribution is -0.384. The Morgan fingerprint density at radius 2 is 1.64 bits per heavy atom. The number of carbonyl (C=O) groups is 3. The van der Waals surface area contributed by atoms with Gasteiger partial charge in [-0.1, -0.05) is 6.07 Å². The molecule has 0 aliphatic heterocycles. The van der Waals surface area contributed by atoms with Crippen LogP contribution in [0.1, 0.15) is 29.8 Å². The summed E-state index contributed by atoms with van der Waals surface area (Å²) in [7, 11) is 0. The predicted octanol–water partition coefficient (Wildman–Crippen LogP) is 3.63. The molecule has 8 heteroatoms. The Morgan fingerprint density at radius 1 is 1.00 bits per heavy atom. The smallest absolute Gasteiger partial charge is 0.271 e. The van der Waals surface area contributed by atoms with Crippen LogP contribution in [0.25, 0.3) is 0 Å². The molecule has 0 aliphatic carbocycles. The number of aryl methyl sites for hydroxylation is 1. The van der Waals surface area contributed by atoms with Crippen molar-refractivity contribution in [3.63, 3.8) is 0 Å². The standard InChI is InChI=1S/C20H19N3O5/c1-12-4-9-17(23(27)28)11-18(12)22-20(26)13(2)10-19(25)21-16-7-5-15(6-8-16)14(3)24/h4-11H,1-3H3,(H,21,25)(H,22,26)/b13-10-. The van der Waals surface area contributed by atoms with Gasteiger partial charge in [-0.3, -0.25) is 24.5 Å². The van der Waals surface area contributed by atoms with Gasteiger partial charge >= 0.3 is 0 Å². The molecule has 144 valence electrons. The van der Waals surface area contributed by atoms with E-state index in [0.29, 0.717) is 22.5 Å². The molecule has 2 rings (SSSR count). The molecule has 0 spiro atoms. The normalized spacial score (nSPS) is 10.9. The SMILES string of the molecule is CC(=O)c1ccc(NC(=O)/C=C(/C)C(=O)Nc2cc([N+](=O)[O-])ccc2C)cc1. The zero-order valence-corrected chi connectivity index (χ0v) is 15.6. The van der Waals surface area contributed by atoms with Gasteiger partial charge in [-0.15, -0.1) is 0 Å². The van der Waals surface area contributed by atoms with Gasteiger partial charge in [-0.2, -0.15) is 0 Å². The van der Waals surface area contributed by atoms with E-state index in [4.69, 9.17) is 0 Å². The molecule has 2 amide bonds. The maximum Gasteiger partial charge on any atom is 0.271 e. The van der Waals surface area contributed by atoms with Gasteiger partial charge in [0.15, 0.2) is 5.78 Å². The number of non-ortho nitro benzene ring substituents is 1. The lowest BCUT2D eigenvalue weighted by atomic mass is 10.1. The third-order valence-electron chi connectivity index (χ3n) is 3.94. The first-order valence-corrected chi connectivity index (χ1v) is 8.34. The van der Waals surface area contributed by atoms with Crippen LogP contribution in [0.15, 0.2) is 54.1 Å². The van der Waals surface area contributed by atoms with Crippen LogP contribution in [0.5, 0.6) is 0 Å². The predicted molar refractivity (Wildman–Crippen MR) is 105 cm³/mol. The summed E-state index contributed by atoms with van der Waals surface area (Å²) in [5, 5.41) is 16.0. The van der Waals surface area contributed by atoms with E-state index in [2.05, 4.69) is 10.6 Å². The second-order valence-corrected chi connectivity index (χ2v) is 6.16. The van der Waals surface area contributed by atoms with Crippen molar-refractivity contribution in [3.05, 3.63) is 75.4 Å². The highest BCUT2D eigenvalue weighted by molar-refractivity contribution is 6.10. The van der Waals surface area contributed by atoms with E-state index in [1.54, 1.807) is 31.2 Å². The van der Waals surface area contributed by atoms with Crippen LogP contribution in [-0.4, -0.2) is 22.5 Å². The molecule has 0 heterocycles. The molecule has 2 aromatic carbocycles. The van der Waals surface area contributed by atoms with Gasteiger partial charge in [0.1, 0.15) is 0 Å². The summed E-state index contributed by atoms with van der Waals surface area (Å²) in [6, 6.07) is 10.5. The highest BCUT2D eigenvalue weighted by Gasteiger charge is 2.13. The molecule has 0 radical (unpaired) electrons. The summed E-state index contributed by atoms with van der Waals surface area (Å²) in [5.74, 6) is -1.15. The zero-order chi connectivity index (χ0) is 20.8. The summed E-state index contributed by atoms with van der Waals surface area (Å²) in [6.07, 6.45) is 1.13. The Bertz CT molecular complexity index is 978. The van der Waals surface area contributed by atoms with E-state index in [0.717, 1.165) is 6.08 Å². The fourth-order valence-electron chi connectivity index (χ4n) is 2.31. The van der Waals surface area contributed by atoms with Gasteiger partial charge in [0.05, 0.1) is 10.6 Å². The largest absolute Gasteiger partial charge is 0.323 e. The minimum absolute atomic E-state index is 0.0817. The lowest BCUT2D eigenvalue weighted by Crippen LogP contribution is -2.17. The Hall–Kier alpha value is -3.81. The number of nitrogens with one attached hydrogen (secondary N) is 2. The van der Waals surface area contributed by atoms with E-state index < -0.39 is 16.7 Å². The molecule has 0 saturated heterocycles. The molecule has 0 atom stereocenters. The van der Waals surface area contributed by atoms with Crippen LogP contribution in [0.2, 0.25) is 0 Å². The average Bonchev–Trinajstić information content (AvgIpc) is 2.63. The molecular formula is C20H19N3O5. The second-order valence-electron chi connectivity index (χ2n) is 6.16. The summed E-state index contributed by atoms with van der Waals surface area (Å²) < 4.78 is 0. The number of nitro groups is 1. The molecule has 0 fully saturated rings. The fraction of sp³-hybridized carbons (Fsp3) is 0.150. The number of hydrogen-bond donors (Lipinski definition) is 2. The molecule has 0 aliphatic rings. The third-order valence-corrected chi connectivity index (χ3v) is 3.94. The molecule has 0 unspecified atom stereocenters. The Morgan fingerprint density at radius 3 is 2.21 bits per heavy atom. The minimum Gasteiger partial charge on any atom is -0.323 e. The van der Waals surface area contributed by atoms with Crippen molar-refractivity contribution in [1.82, 2.24) is 0 Å². The highest BCUT2D eigenvalue weighted by atomic mass is 16.6. The summed E-state index contributed by atoms with van der Waals surface area (Å²) in [5.41, 5.74) is 1.94. The van der Waals surface area contributed by atoms with Gasteiger partial charge in [-0.05, 0) is 50.6 Å². The van der Waals surface area contributed by atoms with E-state index in [-0.39, 0.29) is 17.0 Å². The fourth-order valence-corrected chi connectivity index (χ4v) is 2.31. The number of amides is 2. The molecule has 0 aromatic heterocycles. The van der Waals surface area contributed by atoms with Gasteiger partial charge in [0, 0.05) is 35.0 Å². The minimum atomic E-state index is -0.553. The van der Waals surface area contributed by atoms with E-state index in [9.17, 15) is 24.5 Å². The van der Waals surface area contributed by atoms with Crippen molar-refractivity contribution < 1.29 is 19.3 Å². The van der Waals surface area contributed by atoms with Crippen molar-refractivity contribution >= 4 is 34.7 Å². The van der Waals surface area contributed by atoms with Gasteiger partial charge in [0.2, 0.25) is 5.91 Å². The topological polar surface area (TPSA) is 118 Å². The van der Waals surface area contributed by atoms with Gasteiger partial charge in [-0.25, -0.2) is 0 Å². The Labute approximate surface area is 161 Å². The molecule has 2 aromatic rings. The van der Waals surface area contributed by atoms with Crippen LogP contribution < -0.4 is 10.6 Å². The Balaban J connectivity index is 2.06. The number of nitro benzene ring substituents is 1. The van der Waals surface area contributed by atoms with Crippen molar-refractivity contribution in [1.29, 1.82) is 0 Å². The average molecular weight is 381 g/mol. The number of benzene rings is 2. The van der Waals surface area contributed by atoms with E-state index in [1.165, 1.54) is 32.0 Å². The first-order valence-electron chi connectivity index (χ1n) is 8.34. The van der Waals surface area contributed by atoms with Crippen LogP contribution in [0.3, 0.4) is 0 Å². The monoisotopic (exact) mass is 381 g/mol. The maximum atomic E-state index is 12.3.